The maximum absolute atomic E-state index is 13.1. The molecule has 2 atom stereocenters. The van der Waals surface area contributed by atoms with Crippen LogP contribution in [-0.4, -0.2) is 50.6 Å². The Hall–Kier alpha value is -2.60. The van der Waals surface area contributed by atoms with E-state index in [0.29, 0.717) is 12.5 Å². The lowest BCUT2D eigenvalue weighted by Crippen LogP contribution is -2.41. The van der Waals surface area contributed by atoms with Crippen molar-refractivity contribution in [3.63, 3.8) is 0 Å². The minimum atomic E-state index is -1.92. The fourth-order valence-corrected chi connectivity index (χ4v) is 7.43. The number of nitrogens with one attached hydrogen (secondary N) is 1. The van der Waals surface area contributed by atoms with Crippen molar-refractivity contribution in [2.45, 2.75) is 116 Å². The minimum Gasteiger partial charge on any atom is -0.598 e. The molecule has 0 amide bonds. The second-order valence-corrected chi connectivity index (χ2v) is 22.1. The number of hydrogen-bond donors (Lipinski definition) is 1. The number of aromatic nitrogens is 4. The Kier molecular flexibility index (Phi) is 11.0. The Morgan fingerprint density at radius 3 is 2.45 bits per heavy atom. The molecule has 1 aromatic carbocycles. The number of fused-ring (bicyclic) bond motifs is 1. The van der Waals surface area contributed by atoms with Crippen LogP contribution in [-0.2, 0) is 27.1 Å². The first-order chi connectivity index (χ1) is 22.2. The van der Waals surface area contributed by atoms with Crippen LogP contribution in [0, 0.1) is 0 Å². The van der Waals surface area contributed by atoms with Crippen molar-refractivity contribution in [1.82, 2.24) is 24.5 Å². The van der Waals surface area contributed by atoms with Gasteiger partial charge in [-0.2, -0.15) is 5.10 Å². The molecular formula is C37H53N5O3SSi. The Balaban J connectivity index is 1.56. The van der Waals surface area contributed by atoms with E-state index in [9.17, 15) is 4.55 Å². The van der Waals surface area contributed by atoms with Gasteiger partial charge in [-0.05, 0) is 106 Å². The molecule has 5 rings (SSSR count). The van der Waals surface area contributed by atoms with Crippen LogP contribution >= 0.6 is 0 Å². The zero-order valence-electron chi connectivity index (χ0n) is 29.7. The molecule has 0 bridgehead atoms. The van der Waals surface area contributed by atoms with Crippen LogP contribution in [0.2, 0.25) is 18.1 Å². The van der Waals surface area contributed by atoms with E-state index >= 15 is 0 Å². The number of nitrogens with zero attached hydrogens (tertiary/aromatic N) is 4. The molecule has 1 N–H and O–H groups in total. The molecule has 1 aliphatic heterocycles. The van der Waals surface area contributed by atoms with Gasteiger partial charge in [-0.3, -0.25) is 4.98 Å². The van der Waals surface area contributed by atoms with Gasteiger partial charge in [0.15, 0.2) is 14.1 Å². The van der Waals surface area contributed by atoms with Crippen molar-refractivity contribution in [3.05, 3.63) is 71.7 Å². The van der Waals surface area contributed by atoms with Crippen LogP contribution in [0.1, 0.15) is 103 Å². The number of ether oxygens (including phenoxy) is 1. The third kappa shape index (κ3) is 8.35. The van der Waals surface area contributed by atoms with Crippen LogP contribution < -0.4 is 4.72 Å². The summed E-state index contributed by atoms with van der Waals surface area (Å²) in [7, 11) is -1.92. The molecule has 1 aliphatic rings. The lowest BCUT2D eigenvalue weighted by Gasteiger charge is -2.36. The molecule has 4 aromatic rings. The van der Waals surface area contributed by atoms with E-state index in [1.54, 1.807) is 0 Å². The Labute approximate surface area is 285 Å². The minimum absolute atomic E-state index is 0.107. The van der Waals surface area contributed by atoms with Gasteiger partial charge >= 0.3 is 0 Å². The topological polar surface area (TPSA) is 97.1 Å². The number of pyridine rings is 2. The van der Waals surface area contributed by atoms with Gasteiger partial charge < -0.3 is 13.7 Å². The third-order valence-corrected chi connectivity index (χ3v) is 15.7. The van der Waals surface area contributed by atoms with Crippen molar-refractivity contribution in [2.24, 2.45) is 0 Å². The van der Waals surface area contributed by atoms with E-state index in [2.05, 4.69) is 69.8 Å². The summed E-state index contributed by atoms with van der Waals surface area (Å²) in [6, 6.07) is 16.6. The van der Waals surface area contributed by atoms with Gasteiger partial charge in [0.25, 0.3) is 0 Å². The maximum atomic E-state index is 13.1. The Morgan fingerprint density at radius 1 is 1.04 bits per heavy atom. The average Bonchev–Trinajstić information content (AvgIpc) is 3.47. The van der Waals surface area contributed by atoms with E-state index in [1.807, 2.05) is 55.9 Å². The highest BCUT2D eigenvalue weighted by Gasteiger charge is 2.37. The van der Waals surface area contributed by atoms with E-state index in [-0.39, 0.29) is 15.8 Å². The first-order valence-corrected chi connectivity index (χ1v) is 21.1. The van der Waals surface area contributed by atoms with Gasteiger partial charge in [-0.15, -0.1) is 4.72 Å². The summed E-state index contributed by atoms with van der Waals surface area (Å²) in [4.78, 5) is 10.2. The molecule has 0 aliphatic carbocycles. The lowest BCUT2D eigenvalue weighted by molar-refractivity contribution is 0.0856. The van der Waals surface area contributed by atoms with Gasteiger partial charge in [0.1, 0.15) is 4.75 Å². The van der Waals surface area contributed by atoms with Gasteiger partial charge in [-0.1, -0.05) is 46.2 Å². The average molecular weight is 676 g/mol. The van der Waals surface area contributed by atoms with Crippen molar-refractivity contribution >= 4 is 30.6 Å². The van der Waals surface area contributed by atoms with Crippen LogP contribution in [0.4, 0.5) is 0 Å². The molecule has 3 aromatic heterocycles. The highest BCUT2D eigenvalue weighted by Crippen LogP contribution is 2.38. The highest BCUT2D eigenvalue weighted by molar-refractivity contribution is 7.90. The first-order valence-electron chi connectivity index (χ1n) is 17.0. The van der Waals surface area contributed by atoms with E-state index < -0.39 is 19.7 Å². The molecule has 4 heterocycles. The first kappa shape index (κ1) is 35.7. The van der Waals surface area contributed by atoms with E-state index in [1.165, 1.54) is 5.56 Å². The molecule has 1 fully saturated rings. The number of benzene rings is 1. The molecule has 10 heteroatoms. The van der Waals surface area contributed by atoms with Crippen molar-refractivity contribution in [3.8, 4) is 17.1 Å². The van der Waals surface area contributed by atoms with Crippen LogP contribution in [0.5, 0.6) is 0 Å². The van der Waals surface area contributed by atoms with Crippen LogP contribution in [0.3, 0.4) is 0 Å². The van der Waals surface area contributed by atoms with Crippen molar-refractivity contribution < 1.29 is 13.7 Å². The maximum Gasteiger partial charge on any atom is 0.192 e. The molecule has 8 nitrogen and oxygen atoms in total. The summed E-state index contributed by atoms with van der Waals surface area (Å²) in [6.07, 6.45) is 5.72. The molecule has 1 unspecified atom stereocenters. The normalized spacial score (nSPS) is 16.5. The van der Waals surface area contributed by atoms with E-state index in [4.69, 9.17) is 24.2 Å². The van der Waals surface area contributed by atoms with Gasteiger partial charge in [0.2, 0.25) is 0 Å². The zero-order chi connectivity index (χ0) is 34.0. The van der Waals surface area contributed by atoms with Gasteiger partial charge in [0, 0.05) is 35.5 Å². The van der Waals surface area contributed by atoms with Crippen molar-refractivity contribution in [1.29, 1.82) is 0 Å². The molecule has 47 heavy (non-hydrogen) atoms. The number of rotatable bonds is 11. The summed E-state index contributed by atoms with van der Waals surface area (Å²) in [5.41, 5.74) is 6.00. The number of hydrogen-bond acceptors (Lipinski definition) is 7. The smallest absolute Gasteiger partial charge is 0.192 e. The van der Waals surface area contributed by atoms with Gasteiger partial charge in [-0.25, -0.2) is 9.67 Å². The fourth-order valence-electron chi connectivity index (χ4n) is 5.63. The molecule has 0 spiro atoms. The van der Waals surface area contributed by atoms with E-state index in [0.717, 1.165) is 78.3 Å². The standard InChI is InChI=1S/C37H53N5O3SSi/c1-10-13-33(41-46(43)36(2,3)4)32-16-12-15-31(40-32)27-22-29(26-18-20-44-21-19-26)30-24-38-42(34(30)23-27)35-17-11-14-28(39-35)25-45-47(8,9)37(5,6)7/h11-12,14-17,22-24,26,33,41H,10,13,18-21,25H2,1-9H3/t33-,46?/m0/s1. The zero-order valence-corrected chi connectivity index (χ0v) is 31.5. The second kappa shape index (κ2) is 14.5. The quantitative estimate of drug-likeness (QED) is 0.125. The third-order valence-electron chi connectivity index (χ3n) is 9.58. The second-order valence-electron chi connectivity index (χ2n) is 15.3. The Morgan fingerprint density at radius 2 is 1.77 bits per heavy atom. The van der Waals surface area contributed by atoms with Crippen LogP contribution in [0.15, 0.2) is 54.7 Å². The van der Waals surface area contributed by atoms with Crippen LogP contribution in [0.25, 0.3) is 28.0 Å². The fraction of sp³-hybridized carbons (Fsp3) is 0.541. The molecular weight excluding hydrogens is 623 g/mol. The van der Waals surface area contributed by atoms with Crippen molar-refractivity contribution in [2.75, 3.05) is 13.2 Å². The molecule has 0 radical (unpaired) electrons. The monoisotopic (exact) mass is 675 g/mol. The SMILES string of the molecule is CCC[C@H](N[S+]([O-])C(C)(C)C)c1cccc(-c2cc(C3CCOCC3)c3cnn(-c4cccc(CO[Si](C)(C)C(C)(C)C)n4)c3c2)n1. The summed E-state index contributed by atoms with van der Waals surface area (Å²) in [5, 5.41) is 6.16. The summed E-state index contributed by atoms with van der Waals surface area (Å²) in [6.45, 7) is 21.4. The molecule has 254 valence electrons. The lowest BCUT2D eigenvalue weighted by atomic mass is 9.88. The molecule has 0 saturated carbocycles. The summed E-state index contributed by atoms with van der Waals surface area (Å²) < 4.78 is 30.3. The molecule has 1 saturated heterocycles. The highest BCUT2D eigenvalue weighted by atomic mass is 32.2. The Bertz CT molecular complexity index is 1660. The summed E-state index contributed by atoms with van der Waals surface area (Å²) >= 11 is -1.21. The summed E-state index contributed by atoms with van der Waals surface area (Å²) in [5.74, 6) is 1.14. The van der Waals surface area contributed by atoms with Gasteiger partial charge in [0.05, 0.1) is 41.4 Å². The predicted octanol–water partition coefficient (Wildman–Crippen LogP) is 8.79. The predicted molar refractivity (Wildman–Crippen MR) is 196 cm³/mol. The largest absolute Gasteiger partial charge is 0.598 e.